The fourth-order valence-electron chi connectivity index (χ4n) is 10.1. The van der Waals surface area contributed by atoms with E-state index < -0.39 is 7.12 Å². The first-order valence-corrected chi connectivity index (χ1v) is 26.0. The van der Waals surface area contributed by atoms with Gasteiger partial charge in [-0.15, -0.1) is 0 Å². The van der Waals surface area contributed by atoms with Gasteiger partial charge in [0.15, 0.2) is 17.0 Å². The minimum absolute atomic E-state index is 0.226. The van der Waals surface area contributed by atoms with Gasteiger partial charge in [0.05, 0.1) is 28.0 Å². The Morgan fingerprint density at radius 1 is 0.325 bits per heavy atom. The SMILES string of the molecule is Clc1nc(-c2ccc3oc(-c4ccccc4)nc3c2)c2ccccc2n1.OB(O)c1cccc2c1oc1ccccc12.c1ccc(-c2nc3cc(-c4nc(-c5cccc6c5oc5ccccc56)nc5ccccc45)ccc3o2)cc1. The Morgan fingerprint density at radius 2 is 0.787 bits per heavy atom. The highest BCUT2D eigenvalue weighted by molar-refractivity contribution is 6.61. The lowest BCUT2D eigenvalue weighted by molar-refractivity contribution is 0.425. The van der Waals surface area contributed by atoms with Crippen LogP contribution in [0.1, 0.15) is 0 Å². The van der Waals surface area contributed by atoms with Crippen LogP contribution in [-0.2, 0) is 0 Å². The molecule has 0 amide bonds. The molecule has 0 atom stereocenters. The van der Waals surface area contributed by atoms with Crippen molar-refractivity contribution < 1.29 is 27.7 Å². The molecule has 0 radical (unpaired) electrons. The Hall–Kier alpha value is -10.3. The summed E-state index contributed by atoms with van der Waals surface area (Å²) in [6, 6.07) is 74.7. The summed E-state index contributed by atoms with van der Waals surface area (Å²) >= 11 is 6.12. The second-order valence-electron chi connectivity index (χ2n) is 18.9. The second kappa shape index (κ2) is 20.2. The number of benzene rings is 10. The second-order valence-corrected chi connectivity index (χ2v) is 19.2. The Kier molecular flexibility index (Phi) is 12.2. The highest BCUT2D eigenvalue weighted by atomic mass is 35.5. The molecule has 6 heterocycles. The number of rotatable bonds is 6. The smallest absolute Gasteiger partial charge is 0.456 e. The summed E-state index contributed by atoms with van der Waals surface area (Å²) in [7, 11) is -1.51. The zero-order chi connectivity index (χ0) is 53.7. The molecule has 16 rings (SSSR count). The van der Waals surface area contributed by atoms with Crippen molar-refractivity contribution in [1.82, 2.24) is 29.9 Å². The highest BCUT2D eigenvalue weighted by Crippen LogP contribution is 2.38. The van der Waals surface area contributed by atoms with Gasteiger partial charge in [-0.05, 0) is 103 Å². The van der Waals surface area contributed by atoms with Crippen LogP contribution in [0.5, 0.6) is 0 Å². The van der Waals surface area contributed by atoms with Crippen LogP contribution in [0, 0.1) is 0 Å². The minimum atomic E-state index is -1.51. The maximum atomic E-state index is 9.24. The lowest BCUT2D eigenvalue weighted by Crippen LogP contribution is -2.29. The molecule has 0 saturated heterocycles. The summed E-state index contributed by atoms with van der Waals surface area (Å²) in [4.78, 5) is 28.2. The number of aromatic nitrogens is 6. The first-order chi connectivity index (χ1) is 39.4. The van der Waals surface area contributed by atoms with Gasteiger partial charge in [0.25, 0.3) is 0 Å². The summed E-state index contributed by atoms with van der Waals surface area (Å²) in [5, 5.41) is 24.6. The fraction of sp³-hybridized carbons (Fsp3) is 0. The molecule has 80 heavy (non-hydrogen) atoms. The van der Waals surface area contributed by atoms with Crippen molar-refractivity contribution in [1.29, 1.82) is 0 Å². The van der Waals surface area contributed by atoms with E-state index in [9.17, 15) is 10.0 Å². The molecule has 10 aromatic carbocycles. The maximum Gasteiger partial charge on any atom is 0.492 e. The van der Waals surface area contributed by atoms with E-state index in [-0.39, 0.29) is 5.28 Å². The number of para-hydroxylation sites is 6. The van der Waals surface area contributed by atoms with Gasteiger partial charge in [0.2, 0.25) is 17.1 Å². The van der Waals surface area contributed by atoms with Gasteiger partial charge in [-0.25, -0.2) is 29.9 Å². The van der Waals surface area contributed by atoms with Gasteiger partial charge in [-0.3, -0.25) is 0 Å². The van der Waals surface area contributed by atoms with Crippen LogP contribution in [0.25, 0.3) is 145 Å². The number of halogens is 1. The Balaban J connectivity index is 0.000000118. The molecule has 0 fully saturated rings. The van der Waals surface area contributed by atoms with Crippen molar-refractivity contribution >= 4 is 112 Å². The molecule has 0 aliphatic rings. The summed E-state index contributed by atoms with van der Waals surface area (Å²) in [6.45, 7) is 0. The number of nitrogens with zero attached hydrogens (tertiary/aromatic N) is 6. The molecular formula is C66H40BClN6O6. The van der Waals surface area contributed by atoms with Gasteiger partial charge >= 0.3 is 7.12 Å². The minimum Gasteiger partial charge on any atom is -0.456 e. The first kappa shape index (κ1) is 48.1. The molecule has 0 spiro atoms. The van der Waals surface area contributed by atoms with Crippen LogP contribution >= 0.6 is 11.6 Å². The van der Waals surface area contributed by atoms with Crippen molar-refractivity contribution in [2.45, 2.75) is 0 Å². The fourth-order valence-corrected chi connectivity index (χ4v) is 10.3. The predicted octanol–water partition coefficient (Wildman–Crippen LogP) is 15.7. The van der Waals surface area contributed by atoms with E-state index in [4.69, 9.17) is 44.2 Å². The number of hydrogen-bond acceptors (Lipinski definition) is 12. The van der Waals surface area contributed by atoms with Crippen LogP contribution < -0.4 is 5.46 Å². The van der Waals surface area contributed by atoms with Crippen LogP contribution in [-0.4, -0.2) is 47.1 Å². The molecule has 0 aliphatic carbocycles. The summed E-state index contributed by atoms with van der Waals surface area (Å²) in [6.07, 6.45) is 0. The quantitative estimate of drug-likeness (QED) is 0.119. The topological polar surface area (TPSA) is 170 Å². The van der Waals surface area contributed by atoms with E-state index in [1.165, 1.54) is 0 Å². The number of furan rings is 2. The summed E-state index contributed by atoms with van der Waals surface area (Å²) in [5.74, 6) is 1.82. The molecule has 14 heteroatoms. The normalized spacial score (nSPS) is 11.4. The molecule has 0 unspecified atom stereocenters. The van der Waals surface area contributed by atoms with Gasteiger partial charge in [-0.2, -0.15) is 0 Å². The van der Waals surface area contributed by atoms with Gasteiger partial charge < -0.3 is 27.7 Å². The van der Waals surface area contributed by atoms with E-state index in [1.54, 1.807) is 12.1 Å². The van der Waals surface area contributed by atoms with Crippen molar-refractivity contribution in [2.75, 3.05) is 0 Å². The van der Waals surface area contributed by atoms with Crippen molar-refractivity contribution in [3.63, 3.8) is 0 Å². The third-order valence-corrected chi connectivity index (χ3v) is 14.1. The molecular weight excluding hydrogens is 1020 g/mol. The summed E-state index contributed by atoms with van der Waals surface area (Å²) in [5.41, 5.74) is 14.3. The molecule has 2 N–H and O–H groups in total. The summed E-state index contributed by atoms with van der Waals surface area (Å²) < 4.78 is 23.9. The van der Waals surface area contributed by atoms with Crippen LogP contribution in [0.15, 0.2) is 248 Å². The standard InChI is InChI=1S/C33H19N3O2.C21H12ClN3O.C12H9BO3/c1-2-9-20(10-3-1)33-35-27-19-21(17-18-29(27)38-33)30-24-12-4-6-15-26(24)34-32(36-30)25-14-8-13-23-22-11-5-7-16-28(22)37-31(23)25;22-21-24-16-9-5-4-8-15(16)19(25-21)14-10-11-18-17(12-14)23-20(26-18)13-6-2-1-3-7-13;14-13(15)10-6-3-5-9-8-4-1-2-7-11(8)16-12(9)10/h1-19H;1-12H;1-7,14-15H. The van der Waals surface area contributed by atoms with Crippen LogP contribution in [0.4, 0.5) is 0 Å². The number of hydrogen-bond donors (Lipinski definition) is 2. The van der Waals surface area contributed by atoms with E-state index in [2.05, 4.69) is 33.2 Å². The molecule has 12 nitrogen and oxygen atoms in total. The largest absolute Gasteiger partial charge is 0.492 e. The first-order valence-electron chi connectivity index (χ1n) is 25.7. The Bertz CT molecular complexity index is 4980. The van der Waals surface area contributed by atoms with E-state index in [0.717, 1.165) is 122 Å². The van der Waals surface area contributed by atoms with Gasteiger partial charge in [0, 0.05) is 60.0 Å². The van der Waals surface area contributed by atoms with Gasteiger partial charge in [-0.1, -0.05) is 140 Å². The zero-order valence-corrected chi connectivity index (χ0v) is 42.9. The number of fused-ring (bicyclic) bond motifs is 10. The predicted molar refractivity (Wildman–Crippen MR) is 317 cm³/mol. The van der Waals surface area contributed by atoms with E-state index in [0.29, 0.717) is 28.7 Å². The lowest BCUT2D eigenvalue weighted by Gasteiger charge is -2.09. The number of oxazole rings is 2. The third-order valence-electron chi connectivity index (χ3n) is 13.9. The van der Waals surface area contributed by atoms with Crippen LogP contribution in [0.3, 0.4) is 0 Å². The molecule has 0 aliphatic heterocycles. The van der Waals surface area contributed by atoms with Gasteiger partial charge in [0.1, 0.15) is 33.4 Å². The average Bonchev–Trinajstić information content (AvgIpc) is 4.49. The highest BCUT2D eigenvalue weighted by Gasteiger charge is 2.21. The molecule has 6 aromatic heterocycles. The van der Waals surface area contributed by atoms with Crippen molar-refractivity contribution in [2.24, 2.45) is 0 Å². The Morgan fingerprint density at radius 3 is 1.36 bits per heavy atom. The maximum absolute atomic E-state index is 9.24. The van der Waals surface area contributed by atoms with Crippen molar-refractivity contribution in [3.05, 3.63) is 236 Å². The molecule has 0 bridgehead atoms. The molecule has 380 valence electrons. The van der Waals surface area contributed by atoms with Crippen molar-refractivity contribution in [3.8, 4) is 56.8 Å². The van der Waals surface area contributed by atoms with E-state index >= 15 is 0 Å². The lowest BCUT2D eigenvalue weighted by atomic mass is 9.79. The molecule has 0 saturated carbocycles. The van der Waals surface area contributed by atoms with Crippen LogP contribution in [0.2, 0.25) is 5.28 Å². The van der Waals surface area contributed by atoms with E-state index in [1.807, 2.05) is 200 Å². The third kappa shape index (κ3) is 8.92. The average molecular weight is 1060 g/mol. The Labute approximate surface area is 460 Å². The molecule has 16 aromatic rings. The zero-order valence-electron chi connectivity index (χ0n) is 42.1. The monoisotopic (exact) mass is 1060 g/mol.